The molecular formula is C39H43ClO7. The third-order valence-electron chi connectivity index (χ3n) is 8.36. The molecule has 4 aromatic carbocycles. The van der Waals surface area contributed by atoms with Crippen LogP contribution in [0.4, 0.5) is 0 Å². The fourth-order valence-corrected chi connectivity index (χ4v) is 6.29. The van der Waals surface area contributed by atoms with Crippen molar-refractivity contribution in [1.82, 2.24) is 0 Å². The second-order valence-corrected chi connectivity index (χ2v) is 11.7. The summed E-state index contributed by atoms with van der Waals surface area (Å²) < 4.78 is 37.2. The van der Waals surface area contributed by atoms with Crippen LogP contribution in [0.5, 0.6) is 5.75 Å². The molecule has 2 heterocycles. The van der Waals surface area contributed by atoms with E-state index >= 15 is 0 Å². The van der Waals surface area contributed by atoms with Gasteiger partial charge in [-0.15, -0.1) is 0 Å². The second kappa shape index (κ2) is 15.9. The Labute approximate surface area is 282 Å². The molecule has 0 aromatic heterocycles. The van der Waals surface area contributed by atoms with Crippen LogP contribution in [-0.2, 0) is 53.9 Å². The number of carbonyl (C=O) groups is 1. The summed E-state index contributed by atoms with van der Waals surface area (Å²) in [7, 11) is 1.35. The Morgan fingerprint density at radius 1 is 0.851 bits per heavy atom. The summed E-state index contributed by atoms with van der Waals surface area (Å²) in [5.74, 6) is -1.03. The Bertz CT molecular complexity index is 1580. The van der Waals surface area contributed by atoms with Gasteiger partial charge in [0, 0.05) is 17.0 Å². The molecular weight excluding hydrogens is 616 g/mol. The van der Waals surface area contributed by atoms with Crippen molar-refractivity contribution in [3.8, 4) is 5.75 Å². The van der Waals surface area contributed by atoms with Crippen molar-refractivity contribution in [3.05, 3.63) is 136 Å². The lowest BCUT2D eigenvalue weighted by molar-refractivity contribution is -0.291. The molecule has 2 aliphatic heterocycles. The van der Waals surface area contributed by atoms with Gasteiger partial charge in [0.2, 0.25) is 5.60 Å². The average molecular weight is 659 g/mol. The Balaban J connectivity index is 0.00000213. The minimum absolute atomic E-state index is 0.0544. The number of methoxy groups -OCH3 is 1. The summed E-state index contributed by atoms with van der Waals surface area (Å²) in [4.78, 5) is 13.6. The lowest BCUT2D eigenvalue weighted by Gasteiger charge is -2.45. The minimum atomic E-state index is -1.54. The van der Waals surface area contributed by atoms with Crippen molar-refractivity contribution in [3.63, 3.8) is 0 Å². The van der Waals surface area contributed by atoms with Gasteiger partial charge in [-0.1, -0.05) is 104 Å². The Morgan fingerprint density at radius 3 is 2.11 bits per heavy atom. The Hall–Kier alpha value is -3.72. The van der Waals surface area contributed by atoms with E-state index in [4.69, 9.17) is 40.0 Å². The van der Waals surface area contributed by atoms with Gasteiger partial charge >= 0.3 is 5.97 Å². The van der Waals surface area contributed by atoms with Crippen LogP contribution in [0.1, 0.15) is 55.0 Å². The molecule has 0 saturated carbocycles. The normalized spacial score (nSPS) is 23.0. The van der Waals surface area contributed by atoms with E-state index in [1.54, 1.807) is 0 Å². The van der Waals surface area contributed by atoms with Crippen LogP contribution in [0.3, 0.4) is 0 Å². The molecule has 4 atom stereocenters. The summed E-state index contributed by atoms with van der Waals surface area (Å²) in [6.45, 7) is 7.10. The number of fused-ring (bicyclic) bond motifs is 2. The van der Waals surface area contributed by atoms with Crippen LogP contribution in [0, 0.1) is 0 Å². The summed E-state index contributed by atoms with van der Waals surface area (Å²) in [5.41, 5.74) is 3.15. The largest absolute Gasteiger partial charge is 0.494 e. The molecule has 0 radical (unpaired) electrons. The fraction of sp³-hybridized carbons (Fsp3) is 0.359. The number of hydrogen-bond donors (Lipinski definition) is 0. The maximum atomic E-state index is 13.6. The van der Waals surface area contributed by atoms with Crippen LogP contribution in [0.25, 0.3) is 0 Å². The van der Waals surface area contributed by atoms with Gasteiger partial charge in [-0.3, -0.25) is 0 Å². The smallest absolute Gasteiger partial charge is 0.343 e. The van der Waals surface area contributed by atoms with Crippen molar-refractivity contribution >= 4 is 17.6 Å². The van der Waals surface area contributed by atoms with Gasteiger partial charge in [0.1, 0.15) is 11.9 Å². The van der Waals surface area contributed by atoms with Gasteiger partial charge < -0.3 is 28.4 Å². The zero-order chi connectivity index (χ0) is 33.3. The monoisotopic (exact) mass is 658 g/mol. The topological polar surface area (TPSA) is 72.5 Å². The third-order valence-corrected chi connectivity index (χ3v) is 8.73. The zero-order valence-electron chi connectivity index (χ0n) is 27.4. The maximum Gasteiger partial charge on any atom is 0.343 e. The number of rotatable bonds is 12. The maximum absolute atomic E-state index is 13.6. The molecule has 4 aromatic rings. The molecule has 0 spiro atoms. The average Bonchev–Trinajstić information content (AvgIpc) is 3.45. The molecule has 47 heavy (non-hydrogen) atoms. The van der Waals surface area contributed by atoms with Gasteiger partial charge in [0.15, 0.2) is 5.79 Å². The van der Waals surface area contributed by atoms with Crippen LogP contribution in [0.2, 0.25) is 5.02 Å². The van der Waals surface area contributed by atoms with E-state index < -0.39 is 29.6 Å². The van der Waals surface area contributed by atoms with Crippen molar-refractivity contribution in [2.75, 3.05) is 20.3 Å². The molecule has 7 nitrogen and oxygen atoms in total. The molecule has 2 saturated heterocycles. The van der Waals surface area contributed by atoms with Gasteiger partial charge in [-0.25, -0.2) is 4.79 Å². The van der Waals surface area contributed by atoms with Gasteiger partial charge in [0.25, 0.3) is 0 Å². The number of esters is 1. The van der Waals surface area contributed by atoms with E-state index in [2.05, 4.69) is 0 Å². The number of hydrogen-bond acceptors (Lipinski definition) is 7. The number of carbonyl (C=O) groups excluding carboxylic acids is 1. The molecule has 6 rings (SSSR count). The van der Waals surface area contributed by atoms with Crippen LogP contribution >= 0.6 is 11.6 Å². The van der Waals surface area contributed by atoms with Crippen LogP contribution in [0.15, 0.2) is 103 Å². The van der Waals surface area contributed by atoms with Crippen LogP contribution in [-0.4, -0.2) is 44.1 Å². The molecule has 1 unspecified atom stereocenters. The highest BCUT2D eigenvalue weighted by Crippen LogP contribution is 2.52. The van der Waals surface area contributed by atoms with E-state index in [1.807, 2.05) is 124 Å². The van der Waals surface area contributed by atoms with E-state index in [9.17, 15) is 4.79 Å². The summed E-state index contributed by atoms with van der Waals surface area (Å²) in [6.07, 6.45) is -0.467. The highest BCUT2D eigenvalue weighted by Gasteiger charge is 2.68. The van der Waals surface area contributed by atoms with Crippen LogP contribution < -0.4 is 4.74 Å². The highest BCUT2D eigenvalue weighted by molar-refractivity contribution is 6.31. The van der Waals surface area contributed by atoms with Crippen molar-refractivity contribution in [2.45, 2.75) is 70.4 Å². The standard InChI is InChI=1S/C37H37ClO7.C2H6/c1-3-41-31-17-14-26(15-18-31)20-29-21-30(16-19-32(29)38)37-22-33(42-23-27-10-6-4-7-11-27)34(43-24-28-12-8-5-9-13-28)36(45-37,25-44-37)35(39)40-2;1-2/h4-19,21,33-34H,3,20,22-25H2,1-2H3;1-2H3/t33?,34-,36-,37+;/m0./s1. The first-order valence-electron chi connectivity index (χ1n) is 16.2. The number of ether oxygens (including phenoxy) is 6. The quantitative estimate of drug-likeness (QED) is 0.143. The SMILES string of the molecule is CC.CCOc1ccc(Cc2cc([C@]34CC(OCc5ccccc5)[C@H](OCc5ccccc5)[C@](C(=O)OC)(CO3)O4)ccc2Cl)cc1. The molecule has 2 aliphatic rings. The van der Waals surface area contributed by atoms with Gasteiger partial charge in [0.05, 0.1) is 39.6 Å². The first-order valence-corrected chi connectivity index (χ1v) is 16.6. The van der Waals surface area contributed by atoms with E-state index in [1.165, 1.54) is 7.11 Å². The lowest BCUT2D eigenvalue weighted by atomic mass is 9.84. The molecule has 0 N–H and O–H groups in total. The molecule has 0 amide bonds. The molecule has 2 fully saturated rings. The first kappa shape index (κ1) is 34.6. The van der Waals surface area contributed by atoms with Gasteiger partial charge in [-0.05, 0) is 59.9 Å². The van der Waals surface area contributed by atoms with E-state index in [0.29, 0.717) is 31.1 Å². The molecule has 248 valence electrons. The van der Waals surface area contributed by atoms with Crippen molar-refractivity contribution in [2.24, 2.45) is 0 Å². The Kier molecular flexibility index (Phi) is 11.7. The molecule has 0 aliphatic carbocycles. The molecule has 2 bridgehead atoms. The third kappa shape index (κ3) is 7.72. The summed E-state index contributed by atoms with van der Waals surface area (Å²) in [6, 6.07) is 33.4. The minimum Gasteiger partial charge on any atom is -0.494 e. The first-order chi connectivity index (χ1) is 22.9. The number of halogens is 1. The summed E-state index contributed by atoms with van der Waals surface area (Å²) >= 11 is 6.71. The zero-order valence-corrected chi connectivity index (χ0v) is 28.2. The lowest BCUT2D eigenvalue weighted by Crippen LogP contribution is -2.63. The number of benzene rings is 4. The summed E-state index contributed by atoms with van der Waals surface area (Å²) in [5, 5.41) is 0.623. The van der Waals surface area contributed by atoms with E-state index in [0.717, 1.165) is 33.6 Å². The fourth-order valence-electron chi connectivity index (χ4n) is 6.10. The van der Waals surface area contributed by atoms with Gasteiger partial charge in [-0.2, -0.15) is 0 Å². The van der Waals surface area contributed by atoms with Crippen molar-refractivity contribution in [1.29, 1.82) is 0 Å². The predicted molar refractivity (Wildman–Crippen MR) is 181 cm³/mol. The van der Waals surface area contributed by atoms with E-state index in [-0.39, 0.29) is 13.2 Å². The second-order valence-electron chi connectivity index (χ2n) is 11.3. The predicted octanol–water partition coefficient (Wildman–Crippen LogP) is 8.04. The Morgan fingerprint density at radius 2 is 1.49 bits per heavy atom. The highest BCUT2D eigenvalue weighted by atomic mass is 35.5. The van der Waals surface area contributed by atoms with Crippen molar-refractivity contribution < 1.29 is 33.2 Å². The molecule has 8 heteroatoms.